The molecule has 4 aliphatic rings. The first kappa shape index (κ1) is 55.9. The number of aliphatic hydroxyl groups excluding tert-OH is 1. The van der Waals surface area contributed by atoms with Crippen molar-refractivity contribution < 1.29 is 71.5 Å². The van der Waals surface area contributed by atoms with Crippen LogP contribution in [0.5, 0.6) is 0 Å². The summed E-state index contributed by atoms with van der Waals surface area (Å²) in [5.74, 6) is -1.49. The van der Waals surface area contributed by atoms with Crippen LogP contribution < -0.4 is 0 Å². The highest BCUT2D eigenvalue weighted by molar-refractivity contribution is 5.66. The molecular formula is C57H80O15. The maximum atomic E-state index is 12.7. The van der Waals surface area contributed by atoms with Gasteiger partial charge in [0.15, 0.2) is 37.4 Å². The lowest BCUT2D eigenvalue weighted by atomic mass is 9.82. The van der Waals surface area contributed by atoms with E-state index in [-0.39, 0.29) is 67.5 Å². The molecule has 0 radical (unpaired) electrons. The number of carbonyl (C=O) groups is 2. The van der Waals surface area contributed by atoms with Crippen LogP contribution >= 0.6 is 0 Å². The maximum Gasteiger partial charge on any atom is 0.303 e. The summed E-state index contributed by atoms with van der Waals surface area (Å²) in [5.41, 5.74) is 2.88. The van der Waals surface area contributed by atoms with E-state index in [9.17, 15) is 14.7 Å². The van der Waals surface area contributed by atoms with Gasteiger partial charge < -0.3 is 61.9 Å². The zero-order valence-electron chi connectivity index (χ0n) is 43.8. The lowest BCUT2D eigenvalue weighted by Gasteiger charge is -2.51. The van der Waals surface area contributed by atoms with Gasteiger partial charge in [-0.25, -0.2) is 0 Å². The zero-order valence-corrected chi connectivity index (χ0v) is 43.8. The SMILES string of the molecule is CCC1O[C@H](OCC2O[C@@H](O[C@@H]3C(COCc4ccccc4)O[C@@H](OCc4ccccc4)C(C)[C@H]3C)C(OCc3ccccc3)[C@@H](O[C@@H]3OC(CC)[C@H](C)[C@@H](C)C3OC(C)=O)[C@@H]2O)C(OC(C)=O)[C@@H](C)[C@@H]1C. The van der Waals surface area contributed by atoms with Gasteiger partial charge in [-0.3, -0.25) is 9.59 Å². The summed E-state index contributed by atoms with van der Waals surface area (Å²) in [7, 11) is 0. The summed E-state index contributed by atoms with van der Waals surface area (Å²) in [6.07, 6.45) is -10.6. The Morgan fingerprint density at radius 1 is 0.444 bits per heavy atom. The van der Waals surface area contributed by atoms with E-state index in [0.717, 1.165) is 16.7 Å². The van der Waals surface area contributed by atoms with E-state index in [2.05, 4.69) is 27.7 Å². The number of ether oxygens (including phenoxy) is 12. The molecule has 0 spiro atoms. The Labute approximate surface area is 426 Å². The molecule has 4 fully saturated rings. The monoisotopic (exact) mass is 1000 g/mol. The van der Waals surface area contributed by atoms with E-state index < -0.39 is 85.9 Å². The van der Waals surface area contributed by atoms with Crippen molar-refractivity contribution in [1.29, 1.82) is 0 Å². The molecule has 20 atom stereocenters. The molecule has 3 aromatic rings. The fraction of sp³-hybridized carbons (Fsp3) is 0.649. The third-order valence-electron chi connectivity index (χ3n) is 15.4. The average molecular weight is 1010 g/mol. The van der Waals surface area contributed by atoms with Crippen molar-refractivity contribution in [3.05, 3.63) is 108 Å². The summed E-state index contributed by atoms with van der Waals surface area (Å²) < 4.78 is 79.3. The predicted octanol–water partition coefficient (Wildman–Crippen LogP) is 8.55. The van der Waals surface area contributed by atoms with Crippen LogP contribution in [-0.4, -0.2) is 116 Å². The minimum absolute atomic E-state index is 0.0233. The lowest BCUT2D eigenvalue weighted by molar-refractivity contribution is -0.381. The molecule has 15 nitrogen and oxygen atoms in total. The van der Waals surface area contributed by atoms with Crippen molar-refractivity contribution in [3.8, 4) is 0 Å². The highest BCUT2D eigenvalue weighted by atomic mass is 16.8. The molecule has 7 rings (SSSR count). The predicted molar refractivity (Wildman–Crippen MR) is 265 cm³/mol. The van der Waals surface area contributed by atoms with E-state index >= 15 is 0 Å². The molecule has 4 aliphatic heterocycles. The van der Waals surface area contributed by atoms with Crippen LogP contribution in [-0.2, 0) is 86.3 Å². The second kappa shape index (κ2) is 26.6. The molecule has 1 N–H and O–H groups in total. The molecule has 398 valence electrons. The largest absolute Gasteiger partial charge is 0.457 e. The average Bonchev–Trinajstić information content (AvgIpc) is 3.38. The molecule has 0 saturated carbocycles. The van der Waals surface area contributed by atoms with Crippen LogP contribution in [0.4, 0.5) is 0 Å². The van der Waals surface area contributed by atoms with Crippen LogP contribution in [0.1, 0.15) is 98.8 Å². The van der Waals surface area contributed by atoms with Gasteiger partial charge in [0.25, 0.3) is 0 Å². The second-order valence-electron chi connectivity index (χ2n) is 20.4. The first-order chi connectivity index (χ1) is 34.7. The lowest BCUT2D eigenvalue weighted by Crippen LogP contribution is -2.65. The van der Waals surface area contributed by atoms with Crippen molar-refractivity contribution in [1.82, 2.24) is 0 Å². The van der Waals surface area contributed by atoms with Crippen LogP contribution in [0.15, 0.2) is 91.0 Å². The topological polar surface area (TPSA) is 165 Å². The van der Waals surface area contributed by atoms with Crippen molar-refractivity contribution >= 4 is 11.9 Å². The van der Waals surface area contributed by atoms with Crippen molar-refractivity contribution in [2.24, 2.45) is 35.5 Å². The summed E-state index contributed by atoms with van der Waals surface area (Å²) in [5, 5.41) is 12.7. The number of carbonyl (C=O) groups excluding carboxylic acids is 2. The Bertz CT molecular complexity index is 2080. The Balaban J connectivity index is 1.25. The van der Waals surface area contributed by atoms with Gasteiger partial charge in [0.05, 0.1) is 51.3 Å². The van der Waals surface area contributed by atoms with Gasteiger partial charge in [0.2, 0.25) is 0 Å². The number of hydrogen-bond donors (Lipinski definition) is 1. The first-order valence-corrected chi connectivity index (χ1v) is 26.2. The molecule has 4 saturated heterocycles. The van der Waals surface area contributed by atoms with E-state index in [1.807, 2.05) is 119 Å². The van der Waals surface area contributed by atoms with Gasteiger partial charge in [-0.05, 0) is 47.3 Å². The van der Waals surface area contributed by atoms with Crippen molar-refractivity contribution in [3.63, 3.8) is 0 Å². The Morgan fingerprint density at radius 3 is 1.40 bits per heavy atom. The van der Waals surface area contributed by atoms with Gasteiger partial charge in [-0.15, -0.1) is 0 Å². The smallest absolute Gasteiger partial charge is 0.303 e. The van der Waals surface area contributed by atoms with Gasteiger partial charge >= 0.3 is 11.9 Å². The maximum absolute atomic E-state index is 12.7. The Kier molecular flexibility index (Phi) is 20.6. The normalized spacial score (nSPS) is 37.2. The van der Waals surface area contributed by atoms with Gasteiger partial charge in [0, 0.05) is 31.6 Å². The Morgan fingerprint density at radius 2 is 0.875 bits per heavy atom. The third kappa shape index (κ3) is 14.1. The molecule has 3 aromatic carbocycles. The number of esters is 2. The molecule has 4 heterocycles. The molecule has 0 aromatic heterocycles. The minimum atomic E-state index is -1.42. The van der Waals surface area contributed by atoms with Crippen LogP contribution in [0, 0.1) is 35.5 Å². The fourth-order valence-corrected chi connectivity index (χ4v) is 10.6. The second-order valence-corrected chi connectivity index (χ2v) is 20.4. The van der Waals surface area contributed by atoms with E-state index in [0.29, 0.717) is 26.1 Å². The molecule has 15 heteroatoms. The van der Waals surface area contributed by atoms with Gasteiger partial charge in [0.1, 0.15) is 30.5 Å². The molecule has 0 aliphatic carbocycles. The number of rotatable bonds is 21. The number of benzene rings is 3. The van der Waals surface area contributed by atoms with E-state index in [4.69, 9.17) is 56.8 Å². The quantitative estimate of drug-likeness (QED) is 0.101. The zero-order chi connectivity index (χ0) is 51.5. The molecule has 8 unspecified atom stereocenters. The van der Waals surface area contributed by atoms with Gasteiger partial charge in [-0.2, -0.15) is 0 Å². The Hall–Kier alpha value is -3.84. The summed E-state index contributed by atoms with van der Waals surface area (Å²) in [6, 6.07) is 29.5. The number of aliphatic hydroxyl groups is 1. The van der Waals surface area contributed by atoms with Crippen molar-refractivity contribution in [2.45, 2.75) is 188 Å². The molecule has 0 bridgehead atoms. The summed E-state index contributed by atoms with van der Waals surface area (Å²) in [4.78, 5) is 25.2. The van der Waals surface area contributed by atoms with E-state index in [1.165, 1.54) is 13.8 Å². The third-order valence-corrected chi connectivity index (χ3v) is 15.4. The number of hydrogen-bond acceptors (Lipinski definition) is 15. The van der Waals surface area contributed by atoms with Crippen molar-refractivity contribution in [2.75, 3.05) is 13.2 Å². The highest BCUT2D eigenvalue weighted by Gasteiger charge is 2.55. The standard InChI is InChI=1S/C57H80O15/c1-11-44-33(3)35(5)50(65-39(9)58)55(67-44)64-32-46-48(60)52(72-56-51(66-40(10)59)36(6)34(4)45(12-2)68-56)53(62-29-42-24-18-14-19-25-42)57(69-46)71-49-37(7)38(8)54(63-30-43-26-20-15-21-27-43)70-47(49)31-61-28-41-22-16-13-17-23-41/h13-27,33-38,44-57,60H,11-12,28-32H2,1-10H3/t33-,34+,35-,36+,37+,38?,44?,45?,46?,47?,48+,49-,50?,51?,52-,53?,54+,55-,56-,57-/m0/s1. The first-order valence-electron chi connectivity index (χ1n) is 26.2. The summed E-state index contributed by atoms with van der Waals surface area (Å²) in [6.45, 7) is 19.9. The van der Waals surface area contributed by atoms with Crippen LogP contribution in [0.3, 0.4) is 0 Å². The molecule has 72 heavy (non-hydrogen) atoms. The van der Waals surface area contributed by atoms with E-state index in [1.54, 1.807) is 0 Å². The molecular weight excluding hydrogens is 925 g/mol. The summed E-state index contributed by atoms with van der Waals surface area (Å²) >= 11 is 0. The molecule has 0 amide bonds. The van der Waals surface area contributed by atoms with Crippen LogP contribution in [0.25, 0.3) is 0 Å². The van der Waals surface area contributed by atoms with Crippen LogP contribution in [0.2, 0.25) is 0 Å². The minimum Gasteiger partial charge on any atom is -0.457 e. The fourth-order valence-electron chi connectivity index (χ4n) is 10.6. The highest BCUT2D eigenvalue weighted by Crippen LogP contribution is 2.41. The van der Waals surface area contributed by atoms with Gasteiger partial charge in [-0.1, -0.05) is 146 Å².